The van der Waals surface area contributed by atoms with Gasteiger partial charge in [-0.3, -0.25) is 9.78 Å². The molecule has 4 N–H and O–H groups in total. The number of hydrogen-bond acceptors (Lipinski definition) is 7. The van der Waals surface area contributed by atoms with Gasteiger partial charge in [0.25, 0.3) is 0 Å². The fourth-order valence-corrected chi connectivity index (χ4v) is 3.72. The molecule has 250 valence electrons. The van der Waals surface area contributed by atoms with Crippen LogP contribution in [0.15, 0.2) is 48.8 Å². The van der Waals surface area contributed by atoms with E-state index in [-0.39, 0.29) is 11.9 Å². The first-order chi connectivity index (χ1) is 20.8. The maximum absolute atomic E-state index is 13.3. The minimum Gasteiger partial charge on any atom is -0.475 e. The van der Waals surface area contributed by atoms with Crippen molar-refractivity contribution < 1.29 is 60.5 Å². The molecule has 19 heteroatoms. The molecule has 12 nitrogen and oxygen atoms in total. The van der Waals surface area contributed by atoms with Crippen LogP contribution in [-0.2, 0) is 19.1 Å². The van der Waals surface area contributed by atoms with Crippen molar-refractivity contribution in [2.24, 2.45) is 0 Å². The summed E-state index contributed by atoms with van der Waals surface area (Å²) >= 11 is 5.88. The van der Waals surface area contributed by atoms with Gasteiger partial charge < -0.3 is 35.4 Å². The summed E-state index contributed by atoms with van der Waals surface area (Å²) in [7, 11) is 1.52. The van der Waals surface area contributed by atoms with Crippen LogP contribution < -0.4 is 15.5 Å². The number of rotatable bonds is 6. The minimum absolute atomic E-state index is 0.0332. The lowest BCUT2D eigenvalue weighted by Gasteiger charge is -2.42. The number of carboxylic acid groups (broad SMARTS) is 2. The van der Waals surface area contributed by atoms with E-state index in [2.05, 4.69) is 20.5 Å². The number of urea groups is 1. The Kier molecular flexibility index (Phi) is 14.8. The fourth-order valence-electron chi connectivity index (χ4n) is 3.60. The van der Waals surface area contributed by atoms with Crippen LogP contribution >= 0.6 is 11.6 Å². The monoisotopic (exact) mass is 673 g/mol. The third-order valence-electron chi connectivity index (χ3n) is 5.90. The summed E-state index contributed by atoms with van der Waals surface area (Å²) in [6.45, 7) is 5.68. The van der Waals surface area contributed by atoms with Gasteiger partial charge in [0.15, 0.2) is 0 Å². The van der Waals surface area contributed by atoms with E-state index in [0.29, 0.717) is 30.3 Å². The van der Waals surface area contributed by atoms with Gasteiger partial charge in [0, 0.05) is 49.7 Å². The molecule has 3 amide bonds. The standard InChI is InChI=1S/C22H28ClN5O3.2C2HF3O2/c1-15-14-27(19-5-4-10-24-13-19)11-12-28(15)21(29)20(16(2)31-3)26-22(30)25-18-8-6-17(23)7-9-18;2*3-2(4,5)1(6)7/h4-10,13,15-16,20H,11-12,14H2,1-3H3,(H2,25,26,30);2*(H,6,7)/t15?,16-,20-;;/m1../s1. The van der Waals surface area contributed by atoms with Crippen LogP contribution in [0.25, 0.3) is 0 Å². The number of pyridine rings is 1. The highest BCUT2D eigenvalue weighted by Crippen LogP contribution is 2.20. The maximum Gasteiger partial charge on any atom is 0.490 e. The van der Waals surface area contributed by atoms with Crippen molar-refractivity contribution >= 4 is 46.9 Å². The Morgan fingerprint density at radius 3 is 1.96 bits per heavy atom. The number of aliphatic carboxylic acids is 2. The van der Waals surface area contributed by atoms with Crippen LogP contribution in [0, 0.1) is 0 Å². The second-order valence-electron chi connectivity index (χ2n) is 9.17. The number of piperazine rings is 1. The first-order valence-corrected chi connectivity index (χ1v) is 13.1. The Balaban J connectivity index is 0.000000601. The SMILES string of the molecule is CO[C@H](C)[C@@H](NC(=O)Nc1ccc(Cl)cc1)C(=O)N1CCN(c2cccnc2)CC1C.O=C(O)C(F)(F)F.O=C(O)C(F)(F)F. The molecule has 1 aromatic carbocycles. The molecule has 2 heterocycles. The van der Waals surface area contributed by atoms with Gasteiger partial charge in [0.05, 0.1) is 18.0 Å². The number of anilines is 2. The average molecular weight is 674 g/mol. The number of benzene rings is 1. The molecule has 0 aliphatic carbocycles. The van der Waals surface area contributed by atoms with Gasteiger partial charge >= 0.3 is 30.3 Å². The largest absolute Gasteiger partial charge is 0.490 e. The van der Waals surface area contributed by atoms with Crippen LogP contribution in [0.3, 0.4) is 0 Å². The number of amides is 3. The molecule has 3 atom stereocenters. The van der Waals surface area contributed by atoms with Gasteiger partial charge in [-0.05, 0) is 50.2 Å². The van der Waals surface area contributed by atoms with E-state index in [9.17, 15) is 35.9 Å². The summed E-state index contributed by atoms with van der Waals surface area (Å²) in [6.07, 6.45) is -7.10. The van der Waals surface area contributed by atoms with E-state index < -0.39 is 42.5 Å². The molecular weight excluding hydrogens is 644 g/mol. The zero-order valence-corrected chi connectivity index (χ0v) is 24.7. The number of carboxylic acids is 2. The summed E-state index contributed by atoms with van der Waals surface area (Å²) in [5.74, 6) is -5.68. The quantitative estimate of drug-likeness (QED) is 0.328. The highest BCUT2D eigenvalue weighted by atomic mass is 35.5. The molecule has 45 heavy (non-hydrogen) atoms. The smallest absolute Gasteiger partial charge is 0.475 e. The summed E-state index contributed by atoms with van der Waals surface area (Å²) in [4.78, 5) is 51.8. The van der Waals surface area contributed by atoms with E-state index in [0.717, 1.165) is 5.69 Å². The predicted octanol–water partition coefficient (Wildman–Crippen LogP) is 4.26. The normalized spacial score (nSPS) is 16.1. The van der Waals surface area contributed by atoms with Crippen molar-refractivity contribution in [3.05, 3.63) is 53.8 Å². The van der Waals surface area contributed by atoms with Crippen molar-refractivity contribution in [3.8, 4) is 0 Å². The van der Waals surface area contributed by atoms with Gasteiger partial charge in [0.2, 0.25) is 5.91 Å². The number of halogens is 7. The van der Waals surface area contributed by atoms with Crippen molar-refractivity contribution in [1.82, 2.24) is 15.2 Å². The lowest BCUT2D eigenvalue weighted by atomic mass is 10.1. The van der Waals surface area contributed by atoms with Crippen LogP contribution in [0.2, 0.25) is 5.02 Å². The number of carbonyl (C=O) groups is 4. The summed E-state index contributed by atoms with van der Waals surface area (Å²) in [6, 6.07) is 9.33. The Morgan fingerprint density at radius 2 is 1.53 bits per heavy atom. The second-order valence-corrected chi connectivity index (χ2v) is 9.60. The first kappa shape index (κ1) is 38.7. The zero-order chi connectivity index (χ0) is 34.5. The number of alkyl halides is 6. The first-order valence-electron chi connectivity index (χ1n) is 12.7. The van der Waals surface area contributed by atoms with Crippen molar-refractivity contribution in [3.63, 3.8) is 0 Å². The number of hydrogen-bond donors (Lipinski definition) is 4. The highest BCUT2D eigenvalue weighted by molar-refractivity contribution is 6.30. The summed E-state index contributed by atoms with van der Waals surface area (Å²) in [5.41, 5.74) is 1.61. The Labute approximate surface area is 257 Å². The Morgan fingerprint density at radius 1 is 1.00 bits per heavy atom. The highest BCUT2D eigenvalue weighted by Gasteiger charge is 2.39. The van der Waals surface area contributed by atoms with Crippen molar-refractivity contribution in [2.45, 2.75) is 44.4 Å². The molecule has 1 aliphatic rings. The maximum atomic E-state index is 13.3. The Bertz CT molecular complexity index is 1250. The van der Waals surface area contributed by atoms with Crippen LogP contribution in [0.4, 0.5) is 42.5 Å². The number of methoxy groups -OCH3 is 1. The predicted molar refractivity (Wildman–Crippen MR) is 149 cm³/mol. The van der Waals surface area contributed by atoms with E-state index in [1.807, 2.05) is 25.3 Å². The molecule has 1 aliphatic heterocycles. The van der Waals surface area contributed by atoms with E-state index in [1.165, 1.54) is 7.11 Å². The average Bonchev–Trinajstić information content (AvgIpc) is 2.96. The third-order valence-corrected chi connectivity index (χ3v) is 6.15. The van der Waals surface area contributed by atoms with Crippen LogP contribution in [0.5, 0.6) is 0 Å². The molecule has 1 saturated heterocycles. The molecule has 0 bridgehead atoms. The molecular formula is C26H30ClF6N5O7. The van der Waals surface area contributed by atoms with Gasteiger partial charge in [-0.1, -0.05) is 11.6 Å². The zero-order valence-electron chi connectivity index (χ0n) is 23.9. The van der Waals surface area contributed by atoms with E-state index in [1.54, 1.807) is 42.3 Å². The Hall–Kier alpha value is -4.32. The lowest BCUT2D eigenvalue weighted by molar-refractivity contribution is -0.193. The molecule has 1 aromatic heterocycles. The van der Waals surface area contributed by atoms with Gasteiger partial charge in [-0.25, -0.2) is 14.4 Å². The van der Waals surface area contributed by atoms with Gasteiger partial charge in [0.1, 0.15) is 6.04 Å². The number of nitrogens with zero attached hydrogens (tertiary/aromatic N) is 3. The number of ether oxygens (including phenoxy) is 1. The number of nitrogens with one attached hydrogen (secondary N) is 2. The third kappa shape index (κ3) is 13.5. The number of carbonyl (C=O) groups excluding carboxylic acids is 2. The topological polar surface area (TPSA) is 161 Å². The van der Waals surface area contributed by atoms with Gasteiger partial charge in [-0.2, -0.15) is 26.3 Å². The second kappa shape index (κ2) is 17.2. The number of aromatic nitrogens is 1. The molecule has 1 fully saturated rings. The molecule has 0 saturated carbocycles. The van der Waals surface area contributed by atoms with Crippen LogP contribution in [0.1, 0.15) is 13.8 Å². The van der Waals surface area contributed by atoms with Crippen molar-refractivity contribution in [1.29, 1.82) is 0 Å². The molecule has 0 spiro atoms. The summed E-state index contributed by atoms with van der Waals surface area (Å²) in [5, 5.41) is 20.3. The molecule has 3 rings (SSSR count). The summed E-state index contributed by atoms with van der Waals surface area (Å²) < 4.78 is 68.9. The van der Waals surface area contributed by atoms with E-state index >= 15 is 0 Å². The molecule has 1 unspecified atom stereocenters. The van der Waals surface area contributed by atoms with Crippen LogP contribution in [-0.4, -0.2) is 101 Å². The molecule has 2 aromatic rings. The minimum atomic E-state index is -5.08. The van der Waals surface area contributed by atoms with Gasteiger partial charge in [-0.15, -0.1) is 0 Å². The fraction of sp³-hybridized carbons (Fsp3) is 0.423. The molecule has 0 radical (unpaired) electrons. The lowest BCUT2D eigenvalue weighted by Crippen LogP contribution is -2.61. The van der Waals surface area contributed by atoms with Crippen molar-refractivity contribution in [2.75, 3.05) is 37.0 Å². The van der Waals surface area contributed by atoms with E-state index in [4.69, 9.17) is 36.1 Å².